The zero-order valence-electron chi connectivity index (χ0n) is 16.3. The van der Waals surface area contributed by atoms with E-state index in [1.54, 1.807) is 18.2 Å². The lowest BCUT2D eigenvalue weighted by atomic mass is 10.2. The Morgan fingerprint density at radius 2 is 1.93 bits per heavy atom. The molecule has 0 aliphatic carbocycles. The summed E-state index contributed by atoms with van der Waals surface area (Å²) in [6.45, 7) is 8.85. The summed E-state index contributed by atoms with van der Waals surface area (Å²) in [5.41, 5.74) is 2.06. The van der Waals surface area contributed by atoms with Crippen LogP contribution < -0.4 is 20.1 Å². The highest BCUT2D eigenvalue weighted by atomic mass is 32.1. The predicted octanol–water partition coefficient (Wildman–Crippen LogP) is 4.95. The van der Waals surface area contributed by atoms with Gasteiger partial charge in [-0.3, -0.25) is 10.1 Å². The number of para-hydroxylation sites is 2. The van der Waals surface area contributed by atoms with Crippen LogP contribution in [0.15, 0.2) is 60.7 Å². The van der Waals surface area contributed by atoms with Gasteiger partial charge in [-0.25, -0.2) is 0 Å². The van der Waals surface area contributed by atoms with Crippen LogP contribution in [0.1, 0.15) is 37.0 Å². The largest absolute Gasteiger partial charge is 0.494 e. The van der Waals surface area contributed by atoms with Gasteiger partial charge in [0.05, 0.1) is 12.3 Å². The number of carbonyl (C=O) groups is 1. The highest BCUT2D eigenvalue weighted by Crippen LogP contribution is 2.24. The maximum Gasteiger partial charge on any atom is 0.257 e. The number of unbranched alkanes of at least 4 members (excludes halogenated alkanes) is 1. The molecule has 0 atom stereocenters. The molecule has 148 valence electrons. The molecule has 6 heteroatoms. The molecule has 0 aromatic heterocycles. The van der Waals surface area contributed by atoms with Gasteiger partial charge in [-0.05, 0) is 61.5 Å². The van der Waals surface area contributed by atoms with E-state index in [2.05, 4.69) is 24.1 Å². The molecule has 5 nitrogen and oxygen atoms in total. The van der Waals surface area contributed by atoms with Crippen LogP contribution in [0.4, 0.5) is 5.69 Å². The van der Waals surface area contributed by atoms with Gasteiger partial charge in [0.25, 0.3) is 5.91 Å². The molecule has 0 spiro atoms. The van der Waals surface area contributed by atoms with Gasteiger partial charge in [-0.1, -0.05) is 38.1 Å². The standard InChI is InChI=1S/C22H26N2O3S/c1-4-5-13-26-18-10-8-9-17(14-18)21(25)24-22(28)23-19-11-6-7-12-20(19)27-15-16(2)3/h6-12,14H,2,4-5,13,15H2,1,3H3,(H2,23,24,25,28). The Morgan fingerprint density at radius 3 is 2.68 bits per heavy atom. The Balaban J connectivity index is 1.97. The van der Waals surface area contributed by atoms with E-state index in [4.69, 9.17) is 21.7 Å². The van der Waals surface area contributed by atoms with E-state index in [1.807, 2.05) is 37.3 Å². The van der Waals surface area contributed by atoms with Gasteiger partial charge in [0.1, 0.15) is 18.1 Å². The van der Waals surface area contributed by atoms with Gasteiger partial charge in [-0.2, -0.15) is 0 Å². The van der Waals surface area contributed by atoms with Crippen molar-refractivity contribution >= 4 is 28.9 Å². The third kappa shape index (κ3) is 7.04. The Bertz CT molecular complexity index is 836. The molecule has 0 saturated heterocycles. The third-order valence-electron chi connectivity index (χ3n) is 3.70. The summed E-state index contributed by atoms with van der Waals surface area (Å²) in [5, 5.41) is 5.88. The van der Waals surface area contributed by atoms with Crippen molar-refractivity contribution < 1.29 is 14.3 Å². The van der Waals surface area contributed by atoms with Crippen molar-refractivity contribution in [2.45, 2.75) is 26.7 Å². The van der Waals surface area contributed by atoms with Crippen LogP contribution >= 0.6 is 12.2 Å². The average molecular weight is 399 g/mol. The number of nitrogens with one attached hydrogen (secondary N) is 2. The summed E-state index contributed by atoms with van der Waals surface area (Å²) in [4.78, 5) is 12.5. The zero-order valence-corrected chi connectivity index (χ0v) is 17.1. The second kappa shape index (κ2) is 11.1. The molecule has 0 unspecified atom stereocenters. The average Bonchev–Trinajstić information content (AvgIpc) is 2.67. The molecular formula is C22H26N2O3S. The minimum Gasteiger partial charge on any atom is -0.494 e. The summed E-state index contributed by atoms with van der Waals surface area (Å²) >= 11 is 5.28. The van der Waals surface area contributed by atoms with E-state index >= 15 is 0 Å². The predicted molar refractivity (Wildman–Crippen MR) is 117 cm³/mol. The molecule has 0 heterocycles. The molecule has 0 aliphatic rings. The van der Waals surface area contributed by atoms with E-state index in [-0.39, 0.29) is 11.0 Å². The summed E-state index contributed by atoms with van der Waals surface area (Å²) in [7, 11) is 0. The highest BCUT2D eigenvalue weighted by Gasteiger charge is 2.11. The van der Waals surface area contributed by atoms with Crippen LogP contribution in [0.5, 0.6) is 11.5 Å². The third-order valence-corrected chi connectivity index (χ3v) is 3.90. The fourth-order valence-corrected chi connectivity index (χ4v) is 2.49. The number of amides is 1. The first-order valence-electron chi connectivity index (χ1n) is 9.21. The molecule has 0 radical (unpaired) electrons. The number of benzene rings is 2. The number of rotatable bonds is 9. The SMILES string of the molecule is C=C(C)COc1ccccc1NC(=S)NC(=O)c1cccc(OCCCC)c1. The summed E-state index contributed by atoms with van der Waals surface area (Å²) in [6, 6.07) is 14.4. The smallest absolute Gasteiger partial charge is 0.257 e. The number of hydrogen-bond acceptors (Lipinski definition) is 4. The van der Waals surface area contributed by atoms with E-state index in [1.165, 1.54) is 0 Å². The Morgan fingerprint density at radius 1 is 1.14 bits per heavy atom. The molecule has 28 heavy (non-hydrogen) atoms. The minimum absolute atomic E-state index is 0.189. The molecule has 0 saturated carbocycles. The monoisotopic (exact) mass is 398 g/mol. The van der Waals surface area contributed by atoms with Gasteiger partial charge >= 0.3 is 0 Å². The number of hydrogen-bond donors (Lipinski definition) is 2. The van der Waals surface area contributed by atoms with Crippen LogP contribution in [0.3, 0.4) is 0 Å². The van der Waals surface area contributed by atoms with Crippen molar-refractivity contribution in [2.24, 2.45) is 0 Å². The topological polar surface area (TPSA) is 59.6 Å². The first-order chi connectivity index (χ1) is 13.5. The second-order valence-corrected chi connectivity index (χ2v) is 6.79. The number of ether oxygens (including phenoxy) is 2. The first-order valence-corrected chi connectivity index (χ1v) is 9.62. The van der Waals surface area contributed by atoms with Gasteiger partial charge < -0.3 is 14.8 Å². The minimum atomic E-state index is -0.307. The molecule has 2 aromatic carbocycles. The Labute approximate surface area is 171 Å². The van der Waals surface area contributed by atoms with Crippen LogP contribution in [0.2, 0.25) is 0 Å². The molecule has 0 aliphatic heterocycles. The van der Waals surface area contributed by atoms with E-state index < -0.39 is 0 Å². The molecule has 2 rings (SSSR count). The number of carbonyl (C=O) groups excluding carboxylic acids is 1. The fourth-order valence-electron chi connectivity index (χ4n) is 2.29. The van der Waals surface area contributed by atoms with Gasteiger partial charge in [0.15, 0.2) is 5.11 Å². The number of anilines is 1. The van der Waals surface area contributed by atoms with Crippen molar-refractivity contribution in [3.63, 3.8) is 0 Å². The van der Waals surface area contributed by atoms with Gasteiger partial charge in [-0.15, -0.1) is 0 Å². The van der Waals surface area contributed by atoms with Crippen LogP contribution in [0, 0.1) is 0 Å². The molecular weight excluding hydrogens is 372 g/mol. The normalized spacial score (nSPS) is 10.1. The fraction of sp³-hybridized carbons (Fsp3) is 0.273. The van der Waals surface area contributed by atoms with Crippen molar-refractivity contribution in [1.82, 2.24) is 5.32 Å². The lowest BCUT2D eigenvalue weighted by Crippen LogP contribution is -2.34. The van der Waals surface area contributed by atoms with E-state index in [0.717, 1.165) is 18.4 Å². The second-order valence-electron chi connectivity index (χ2n) is 6.38. The van der Waals surface area contributed by atoms with Crippen molar-refractivity contribution in [3.8, 4) is 11.5 Å². The van der Waals surface area contributed by atoms with Crippen LogP contribution in [-0.2, 0) is 0 Å². The first kappa shape index (κ1) is 21.4. The maximum absolute atomic E-state index is 12.5. The van der Waals surface area contributed by atoms with E-state index in [0.29, 0.717) is 36.0 Å². The molecule has 2 aromatic rings. The van der Waals surface area contributed by atoms with Gasteiger partial charge in [0, 0.05) is 5.56 Å². The van der Waals surface area contributed by atoms with Crippen molar-refractivity contribution in [1.29, 1.82) is 0 Å². The molecule has 0 bridgehead atoms. The van der Waals surface area contributed by atoms with Crippen LogP contribution in [0.25, 0.3) is 0 Å². The molecule has 2 N–H and O–H groups in total. The number of thiocarbonyl (C=S) groups is 1. The summed E-state index contributed by atoms with van der Waals surface area (Å²) in [6.07, 6.45) is 2.02. The van der Waals surface area contributed by atoms with E-state index in [9.17, 15) is 4.79 Å². The van der Waals surface area contributed by atoms with Crippen molar-refractivity contribution in [3.05, 3.63) is 66.2 Å². The maximum atomic E-state index is 12.5. The Kier molecular flexibility index (Phi) is 8.49. The molecule has 1 amide bonds. The summed E-state index contributed by atoms with van der Waals surface area (Å²) in [5.74, 6) is 0.991. The lowest BCUT2D eigenvalue weighted by Gasteiger charge is -2.14. The summed E-state index contributed by atoms with van der Waals surface area (Å²) < 4.78 is 11.3. The van der Waals surface area contributed by atoms with Crippen molar-refractivity contribution in [2.75, 3.05) is 18.5 Å². The lowest BCUT2D eigenvalue weighted by molar-refractivity contribution is 0.0977. The highest BCUT2D eigenvalue weighted by molar-refractivity contribution is 7.80. The quantitative estimate of drug-likeness (QED) is 0.356. The van der Waals surface area contributed by atoms with Crippen LogP contribution in [-0.4, -0.2) is 24.2 Å². The van der Waals surface area contributed by atoms with Gasteiger partial charge in [0.2, 0.25) is 0 Å². The zero-order chi connectivity index (χ0) is 20.4. The Hall–Kier alpha value is -2.86. The molecule has 0 fully saturated rings.